The summed E-state index contributed by atoms with van der Waals surface area (Å²) in [5.41, 5.74) is 1.93. The van der Waals surface area contributed by atoms with Gasteiger partial charge in [-0.25, -0.2) is 0 Å². The van der Waals surface area contributed by atoms with E-state index in [-0.39, 0.29) is 42.3 Å². The Kier molecular flexibility index (Phi) is 5.42. The summed E-state index contributed by atoms with van der Waals surface area (Å²) in [5.74, 6) is -0.677. The van der Waals surface area contributed by atoms with Gasteiger partial charge < -0.3 is 10.6 Å². The van der Waals surface area contributed by atoms with E-state index < -0.39 is 5.78 Å². The number of nitrogens with one attached hydrogen (secondary N) is 2. The van der Waals surface area contributed by atoms with Gasteiger partial charge in [0.1, 0.15) is 5.03 Å². The number of fused-ring (bicyclic) bond motifs is 1. The monoisotopic (exact) mass is 448 g/mol. The van der Waals surface area contributed by atoms with Gasteiger partial charge in [-0.05, 0) is 24.3 Å². The van der Waals surface area contributed by atoms with Gasteiger partial charge in [-0.15, -0.1) is 0 Å². The molecule has 0 saturated carbocycles. The fourth-order valence-electron chi connectivity index (χ4n) is 2.51. The summed E-state index contributed by atoms with van der Waals surface area (Å²) in [6.45, 7) is 1.42. The number of amides is 1. The molecule has 3 rings (SSSR count). The van der Waals surface area contributed by atoms with Crippen molar-refractivity contribution < 1.29 is 9.59 Å². The molecule has 0 atom stereocenters. The lowest BCUT2D eigenvalue weighted by molar-refractivity contribution is -0.114. The highest BCUT2D eigenvalue weighted by molar-refractivity contribution is 6.58. The molecular weight excluding hydrogens is 441 g/mol. The van der Waals surface area contributed by atoms with Crippen molar-refractivity contribution in [1.82, 2.24) is 0 Å². The predicted molar refractivity (Wildman–Crippen MR) is 108 cm³/mol. The average molecular weight is 451 g/mol. The van der Waals surface area contributed by atoms with E-state index in [2.05, 4.69) is 10.6 Å². The Morgan fingerprint density at radius 2 is 1.31 bits per heavy atom. The minimum absolute atomic E-state index is 0.00276. The number of ketones is 1. The van der Waals surface area contributed by atoms with Crippen molar-refractivity contribution >= 4 is 86.8 Å². The topological polar surface area (TPSA) is 58.2 Å². The third-order valence-electron chi connectivity index (χ3n) is 3.64. The van der Waals surface area contributed by atoms with Crippen LogP contribution in [-0.2, 0) is 4.79 Å². The molecule has 0 aromatic heterocycles. The summed E-state index contributed by atoms with van der Waals surface area (Å²) in [6.07, 6.45) is 0. The molecule has 0 heterocycles. The van der Waals surface area contributed by atoms with E-state index in [1.54, 1.807) is 24.3 Å². The van der Waals surface area contributed by atoms with Crippen LogP contribution in [-0.4, -0.2) is 11.7 Å². The molecule has 4 nitrogen and oxygen atoms in total. The zero-order chi connectivity index (χ0) is 19.2. The van der Waals surface area contributed by atoms with Crippen molar-refractivity contribution in [3.8, 4) is 0 Å². The molecule has 0 spiro atoms. The number of halogens is 5. The molecule has 0 saturated heterocycles. The van der Waals surface area contributed by atoms with Gasteiger partial charge >= 0.3 is 0 Å². The fourth-order valence-corrected chi connectivity index (χ4v) is 3.78. The molecule has 0 bridgehead atoms. The van der Waals surface area contributed by atoms with E-state index in [0.717, 1.165) is 0 Å². The SMILES string of the molecule is CC(=O)Nc1ccc(NC2=C(Cl)C(=O)c3c(Cl)c(Cl)c(Cl)c(Cl)c32)cc1. The molecule has 1 aliphatic rings. The number of carbonyl (C=O) groups is 2. The minimum Gasteiger partial charge on any atom is -0.354 e. The number of rotatable bonds is 3. The van der Waals surface area contributed by atoms with Crippen LogP contribution in [0.1, 0.15) is 22.8 Å². The first kappa shape index (κ1) is 19.3. The lowest BCUT2D eigenvalue weighted by Crippen LogP contribution is -2.05. The Balaban J connectivity index is 2.03. The van der Waals surface area contributed by atoms with Crippen LogP contribution in [0.4, 0.5) is 11.4 Å². The van der Waals surface area contributed by atoms with E-state index in [1.165, 1.54) is 6.92 Å². The van der Waals surface area contributed by atoms with Gasteiger partial charge in [0.15, 0.2) is 0 Å². The molecule has 1 amide bonds. The Hall–Kier alpha value is -1.43. The second-order valence-corrected chi connectivity index (χ2v) is 7.30. The number of benzene rings is 2. The summed E-state index contributed by atoms with van der Waals surface area (Å²) in [4.78, 5) is 23.6. The lowest BCUT2D eigenvalue weighted by atomic mass is 10.1. The maximum absolute atomic E-state index is 12.5. The number of allylic oxidation sites excluding steroid dienone is 1. The first-order chi connectivity index (χ1) is 12.2. The Bertz CT molecular complexity index is 984. The normalized spacial score (nSPS) is 13.1. The van der Waals surface area contributed by atoms with E-state index in [4.69, 9.17) is 58.0 Å². The summed E-state index contributed by atoms with van der Waals surface area (Å²) in [7, 11) is 0. The van der Waals surface area contributed by atoms with E-state index >= 15 is 0 Å². The summed E-state index contributed by atoms with van der Waals surface area (Å²) < 4.78 is 0. The van der Waals surface area contributed by atoms with Gasteiger partial charge in [-0.3, -0.25) is 9.59 Å². The maximum atomic E-state index is 12.5. The van der Waals surface area contributed by atoms with Crippen molar-refractivity contribution in [3.05, 3.63) is 60.5 Å². The van der Waals surface area contributed by atoms with Crippen LogP contribution in [0.15, 0.2) is 29.3 Å². The molecule has 0 fully saturated rings. The van der Waals surface area contributed by atoms with Gasteiger partial charge in [0.25, 0.3) is 0 Å². The number of hydrogen-bond donors (Lipinski definition) is 2. The smallest absolute Gasteiger partial charge is 0.221 e. The first-order valence-corrected chi connectivity index (χ1v) is 9.06. The van der Waals surface area contributed by atoms with Crippen molar-refractivity contribution in [2.45, 2.75) is 6.92 Å². The highest BCUT2D eigenvalue weighted by Crippen LogP contribution is 2.49. The molecule has 9 heteroatoms. The van der Waals surface area contributed by atoms with Crippen LogP contribution >= 0.6 is 58.0 Å². The van der Waals surface area contributed by atoms with Crippen LogP contribution in [0, 0.1) is 0 Å². The fraction of sp³-hybridized carbons (Fsp3) is 0.0588. The third-order valence-corrected chi connectivity index (χ3v) is 5.80. The number of hydrogen-bond acceptors (Lipinski definition) is 3. The molecule has 2 N–H and O–H groups in total. The van der Waals surface area contributed by atoms with Gasteiger partial charge in [-0.1, -0.05) is 58.0 Å². The van der Waals surface area contributed by atoms with Crippen LogP contribution in [0.5, 0.6) is 0 Å². The second kappa shape index (κ2) is 7.29. The van der Waals surface area contributed by atoms with Crippen molar-refractivity contribution in [2.75, 3.05) is 10.6 Å². The van der Waals surface area contributed by atoms with E-state index in [0.29, 0.717) is 16.9 Å². The van der Waals surface area contributed by atoms with Gasteiger partial charge in [0.2, 0.25) is 11.7 Å². The number of carbonyl (C=O) groups excluding carboxylic acids is 2. The third kappa shape index (κ3) is 3.28. The second-order valence-electron chi connectivity index (χ2n) is 5.41. The summed E-state index contributed by atoms with van der Waals surface area (Å²) >= 11 is 30.8. The van der Waals surface area contributed by atoms with Crippen LogP contribution in [0.2, 0.25) is 20.1 Å². The van der Waals surface area contributed by atoms with Crippen LogP contribution in [0.3, 0.4) is 0 Å². The Morgan fingerprint density at radius 1 is 0.808 bits per heavy atom. The molecule has 26 heavy (non-hydrogen) atoms. The molecule has 0 radical (unpaired) electrons. The van der Waals surface area contributed by atoms with E-state index in [1.807, 2.05) is 0 Å². The highest BCUT2D eigenvalue weighted by Gasteiger charge is 2.36. The van der Waals surface area contributed by atoms with Crippen molar-refractivity contribution in [3.63, 3.8) is 0 Å². The van der Waals surface area contributed by atoms with E-state index in [9.17, 15) is 9.59 Å². The largest absolute Gasteiger partial charge is 0.354 e. The molecule has 1 aliphatic carbocycles. The first-order valence-electron chi connectivity index (χ1n) is 7.17. The van der Waals surface area contributed by atoms with Gasteiger partial charge in [-0.2, -0.15) is 0 Å². The Labute approximate surface area is 174 Å². The molecule has 2 aromatic rings. The molecule has 0 unspecified atom stereocenters. The summed E-state index contributed by atoms with van der Waals surface area (Å²) in [6, 6.07) is 6.80. The number of anilines is 2. The predicted octanol–water partition coefficient (Wildman–Crippen LogP) is 6.47. The zero-order valence-corrected chi connectivity index (χ0v) is 16.8. The molecular formula is C17H9Cl5N2O2. The average Bonchev–Trinajstić information content (AvgIpc) is 2.84. The lowest BCUT2D eigenvalue weighted by Gasteiger charge is -2.14. The summed E-state index contributed by atoms with van der Waals surface area (Å²) in [5, 5.41) is 5.74. The van der Waals surface area contributed by atoms with Crippen LogP contribution < -0.4 is 10.6 Å². The zero-order valence-electron chi connectivity index (χ0n) is 13.0. The van der Waals surface area contributed by atoms with Crippen molar-refractivity contribution in [2.24, 2.45) is 0 Å². The Morgan fingerprint density at radius 3 is 1.85 bits per heavy atom. The molecule has 134 valence electrons. The quantitative estimate of drug-likeness (QED) is 0.416. The molecule has 0 aliphatic heterocycles. The number of Topliss-reactive ketones (excluding diaryl/α,β-unsaturated/α-hetero) is 1. The van der Waals surface area contributed by atoms with Gasteiger partial charge in [0, 0.05) is 23.9 Å². The van der Waals surface area contributed by atoms with Crippen molar-refractivity contribution in [1.29, 1.82) is 0 Å². The minimum atomic E-state index is -0.496. The van der Waals surface area contributed by atoms with Gasteiger partial charge in [0.05, 0.1) is 31.4 Å². The van der Waals surface area contributed by atoms with Crippen LogP contribution in [0.25, 0.3) is 5.70 Å². The standard InChI is InChI=1S/C17H9Cl5N2O2/c1-6(25)23-7-2-4-8(5-3-7)24-16-9-10(17(26)15(16)22)12(19)14(21)13(20)11(9)18/h2-5,24H,1H3,(H,23,25). The highest BCUT2D eigenvalue weighted by atomic mass is 35.5. The maximum Gasteiger partial charge on any atom is 0.221 e. The molecule has 2 aromatic carbocycles.